The number of tetrazole rings is 1. The van der Waals surface area contributed by atoms with Crippen molar-refractivity contribution < 1.29 is 14.6 Å². The Bertz CT molecular complexity index is 447. The summed E-state index contributed by atoms with van der Waals surface area (Å²) in [5.74, 6) is -0.0855. The van der Waals surface area contributed by atoms with Gasteiger partial charge >= 0.3 is 5.97 Å². The summed E-state index contributed by atoms with van der Waals surface area (Å²) in [5.41, 5.74) is -0.981. The van der Waals surface area contributed by atoms with Crippen molar-refractivity contribution >= 4 is 5.97 Å². The number of ether oxygens (including phenoxy) is 1. The number of carboxylic acid groups (broad SMARTS) is 1. The van der Waals surface area contributed by atoms with E-state index in [9.17, 15) is 9.90 Å². The molecule has 1 aromatic heterocycles. The lowest BCUT2D eigenvalue weighted by Crippen LogP contribution is -2.41. The van der Waals surface area contributed by atoms with E-state index >= 15 is 0 Å². The highest BCUT2D eigenvalue weighted by molar-refractivity contribution is 5.76. The molecule has 1 saturated carbocycles. The average molecular weight is 252 g/mol. The average Bonchev–Trinajstić information content (AvgIpc) is 3.11. The summed E-state index contributed by atoms with van der Waals surface area (Å²) in [6.07, 6.45) is 3.84. The van der Waals surface area contributed by atoms with Crippen LogP contribution in [0.3, 0.4) is 0 Å². The van der Waals surface area contributed by atoms with E-state index in [1.807, 2.05) is 0 Å². The quantitative estimate of drug-likeness (QED) is 0.844. The van der Waals surface area contributed by atoms with Crippen molar-refractivity contribution in [2.45, 2.75) is 43.6 Å². The summed E-state index contributed by atoms with van der Waals surface area (Å²) >= 11 is 0. The number of carboxylic acids is 1. The van der Waals surface area contributed by atoms with Crippen LogP contribution in [0.25, 0.3) is 0 Å². The van der Waals surface area contributed by atoms with Gasteiger partial charge in [0.25, 0.3) is 0 Å². The van der Waals surface area contributed by atoms with E-state index in [0.717, 1.165) is 19.3 Å². The van der Waals surface area contributed by atoms with Crippen molar-refractivity contribution in [3.05, 3.63) is 5.82 Å². The van der Waals surface area contributed by atoms with E-state index < -0.39 is 11.5 Å². The Labute approximate surface area is 104 Å². The number of rotatable bonds is 3. The van der Waals surface area contributed by atoms with Crippen LogP contribution in [0.1, 0.15) is 43.8 Å². The van der Waals surface area contributed by atoms with E-state index in [1.54, 1.807) is 0 Å². The van der Waals surface area contributed by atoms with Crippen LogP contribution in [0, 0.1) is 0 Å². The van der Waals surface area contributed by atoms with Crippen LogP contribution in [-0.2, 0) is 15.1 Å². The fourth-order valence-corrected chi connectivity index (χ4v) is 2.77. The molecule has 0 amide bonds. The molecule has 7 nitrogen and oxygen atoms in total. The summed E-state index contributed by atoms with van der Waals surface area (Å²) in [5, 5.41) is 21.7. The molecule has 1 N–H and O–H groups in total. The maximum Gasteiger partial charge on any atom is 0.333 e. The molecule has 1 atom stereocenters. The maximum absolute atomic E-state index is 11.5. The first kappa shape index (κ1) is 11.6. The number of aromatic nitrogens is 4. The molecule has 1 aliphatic carbocycles. The Balaban J connectivity index is 1.89. The zero-order valence-electron chi connectivity index (χ0n) is 10.1. The van der Waals surface area contributed by atoms with Crippen LogP contribution in [0.5, 0.6) is 0 Å². The van der Waals surface area contributed by atoms with Gasteiger partial charge in [0.2, 0.25) is 0 Å². The normalized spacial score (nSPS) is 26.6. The van der Waals surface area contributed by atoms with Gasteiger partial charge < -0.3 is 9.84 Å². The van der Waals surface area contributed by atoms with Crippen LogP contribution < -0.4 is 0 Å². The summed E-state index contributed by atoms with van der Waals surface area (Å²) in [6.45, 7) is 1.31. The first-order valence-electron chi connectivity index (χ1n) is 6.34. The molecule has 98 valence electrons. The number of nitrogens with zero attached hydrogens (tertiary/aromatic N) is 4. The molecule has 2 aliphatic rings. The van der Waals surface area contributed by atoms with E-state index in [4.69, 9.17) is 4.74 Å². The molecule has 18 heavy (non-hydrogen) atoms. The van der Waals surface area contributed by atoms with Crippen LogP contribution in [0.4, 0.5) is 0 Å². The fourth-order valence-electron chi connectivity index (χ4n) is 2.77. The van der Waals surface area contributed by atoms with E-state index in [0.29, 0.717) is 31.9 Å². The number of hydrogen-bond donors (Lipinski definition) is 1. The molecule has 0 spiro atoms. The summed E-state index contributed by atoms with van der Waals surface area (Å²) in [6, 6.07) is 0. The molecular weight excluding hydrogens is 236 g/mol. The molecule has 0 bridgehead atoms. The second kappa shape index (κ2) is 4.31. The predicted octanol–water partition coefficient (Wildman–Crippen LogP) is 0.531. The topological polar surface area (TPSA) is 90.1 Å². The third kappa shape index (κ3) is 1.69. The lowest BCUT2D eigenvalue weighted by Gasteiger charge is -2.21. The molecule has 2 fully saturated rings. The SMILES string of the molecule is O=C(O)C1(n2nnc(C3CCOC3)n2)CCCC1. The lowest BCUT2D eigenvalue weighted by atomic mass is 9.99. The zero-order valence-corrected chi connectivity index (χ0v) is 10.1. The van der Waals surface area contributed by atoms with Gasteiger partial charge in [0.15, 0.2) is 11.4 Å². The fraction of sp³-hybridized carbons (Fsp3) is 0.818. The monoisotopic (exact) mass is 252 g/mol. The highest BCUT2D eigenvalue weighted by Crippen LogP contribution is 2.36. The maximum atomic E-state index is 11.5. The molecular formula is C11H16N4O3. The standard InChI is InChI=1S/C11H16N4O3/c16-10(17)11(4-1-2-5-11)15-13-9(12-14-15)8-3-6-18-7-8/h8H,1-7H2,(H,16,17). The van der Waals surface area contributed by atoms with Crippen molar-refractivity contribution in [1.82, 2.24) is 20.2 Å². The van der Waals surface area contributed by atoms with Crippen LogP contribution in [-0.4, -0.2) is 44.5 Å². The van der Waals surface area contributed by atoms with Crippen molar-refractivity contribution in [1.29, 1.82) is 0 Å². The highest BCUT2D eigenvalue weighted by Gasteiger charge is 2.46. The molecule has 1 aromatic rings. The Hall–Kier alpha value is -1.50. The molecule has 1 unspecified atom stereocenters. The van der Waals surface area contributed by atoms with Crippen LogP contribution >= 0.6 is 0 Å². The third-order valence-electron chi connectivity index (χ3n) is 3.94. The van der Waals surface area contributed by atoms with Gasteiger partial charge in [-0.2, -0.15) is 0 Å². The first-order valence-corrected chi connectivity index (χ1v) is 6.34. The second-order valence-electron chi connectivity index (χ2n) is 5.04. The summed E-state index contributed by atoms with van der Waals surface area (Å²) in [7, 11) is 0. The van der Waals surface area contributed by atoms with Gasteiger partial charge in [0.1, 0.15) is 0 Å². The van der Waals surface area contributed by atoms with Gasteiger partial charge in [-0.3, -0.25) is 0 Å². The Kier molecular flexibility index (Phi) is 2.77. The van der Waals surface area contributed by atoms with Gasteiger partial charge in [-0.25, -0.2) is 4.79 Å². The van der Waals surface area contributed by atoms with E-state index in [-0.39, 0.29) is 5.92 Å². The minimum Gasteiger partial charge on any atom is -0.479 e. The van der Waals surface area contributed by atoms with Crippen molar-refractivity contribution in [3.63, 3.8) is 0 Å². The third-order valence-corrected chi connectivity index (χ3v) is 3.94. The van der Waals surface area contributed by atoms with Crippen molar-refractivity contribution in [2.24, 2.45) is 0 Å². The minimum atomic E-state index is -0.981. The van der Waals surface area contributed by atoms with E-state index in [1.165, 1.54) is 4.80 Å². The van der Waals surface area contributed by atoms with Gasteiger partial charge in [-0.1, -0.05) is 12.8 Å². The Morgan fingerprint density at radius 3 is 2.83 bits per heavy atom. The van der Waals surface area contributed by atoms with Crippen LogP contribution in [0.15, 0.2) is 0 Å². The molecule has 3 rings (SSSR count). The number of aliphatic carboxylic acids is 1. The Morgan fingerprint density at radius 2 is 2.22 bits per heavy atom. The molecule has 1 saturated heterocycles. The van der Waals surface area contributed by atoms with Gasteiger partial charge in [0.05, 0.1) is 6.61 Å². The van der Waals surface area contributed by atoms with Crippen LogP contribution in [0.2, 0.25) is 0 Å². The Morgan fingerprint density at radius 1 is 1.44 bits per heavy atom. The smallest absolute Gasteiger partial charge is 0.333 e. The molecule has 0 radical (unpaired) electrons. The zero-order chi connectivity index (χ0) is 12.6. The molecule has 2 heterocycles. The summed E-state index contributed by atoms with van der Waals surface area (Å²) in [4.78, 5) is 12.8. The number of hydrogen-bond acceptors (Lipinski definition) is 5. The van der Waals surface area contributed by atoms with E-state index in [2.05, 4.69) is 15.4 Å². The number of carbonyl (C=O) groups is 1. The van der Waals surface area contributed by atoms with Gasteiger partial charge in [-0.05, 0) is 24.5 Å². The second-order valence-corrected chi connectivity index (χ2v) is 5.04. The summed E-state index contributed by atoms with van der Waals surface area (Å²) < 4.78 is 5.29. The molecule has 7 heteroatoms. The van der Waals surface area contributed by atoms with Crippen molar-refractivity contribution in [2.75, 3.05) is 13.2 Å². The molecule has 1 aliphatic heterocycles. The largest absolute Gasteiger partial charge is 0.479 e. The highest BCUT2D eigenvalue weighted by atomic mass is 16.5. The van der Waals surface area contributed by atoms with Gasteiger partial charge in [-0.15, -0.1) is 15.0 Å². The minimum absolute atomic E-state index is 0.158. The van der Waals surface area contributed by atoms with Crippen molar-refractivity contribution in [3.8, 4) is 0 Å². The predicted molar refractivity (Wildman–Crippen MR) is 60.1 cm³/mol. The van der Waals surface area contributed by atoms with Gasteiger partial charge in [0, 0.05) is 12.5 Å². The first-order chi connectivity index (χ1) is 8.72. The molecule has 0 aromatic carbocycles. The lowest BCUT2D eigenvalue weighted by molar-refractivity contribution is -0.148.